The van der Waals surface area contributed by atoms with Crippen molar-refractivity contribution in [1.82, 2.24) is 4.68 Å². The lowest BCUT2D eigenvalue weighted by molar-refractivity contribution is 0.936. The van der Waals surface area contributed by atoms with E-state index in [1.54, 1.807) is 30.2 Å². The van der Waals surface area contributed by atoms with Crippen molar-refractivity contribution in [3.63, 3.8) is 0 Å². The summed E-state index contributed by atoms with van der Waals surface area (Å²) in [6.07, 6.45) is 3.51. The van der Waals surface area contributed by atoms with Crippen LogP contribution in [0.25, 0.3) is 0 Å². The van der Waals surface area contributed by atoms with Crippen LogP contribution in [0.2, 0.25) is 0 Å². The van der Waals surface area contributed by atoms with Crippen molar-refractivity contribution in [1.29, 1.82) is 5.26 Å². The second-order valence-electron chi connectivity index (χ2n) is 1.64. The lowest BCUT2D eigenvalue weighted by Gasteiger charge is -1.95. The fourth-order valence-corrected chi connectivity index (χ4v) is 0.602. The van der Waals surface area contributed by atoms with Gasteiger partial charge in [-0.15, -0.1) is 0 Å². The summed E-state index contributed by atoms with van der Waals surface area (Å²) in [5.74, 6) is 0. The number of nitriles is 1. The highest BCUT2D eigenvalue weighted by molar-refractivity contribution is 5.25. The first-order chi connectivity index (χ1) is 4.36. The molecule has 0 aliphatic carbocycles. The average Bonchev–Trinajstić information content (AvgIpc) is 2.34. The molecule has 0 saturated heterocycles. The number of hydrogen-bond donors (Lipinski definition) is 1. The van der Waals surface area contributed by atoms with Gasteiger partial charge in [-0.05, 0) is 6.07 Å². The Balaban J connectivity index is 2.90. The van der Waals surface area contributed by atoms with E-state index in [2.05, 4.69) is 5.43 Å². The van der Waals surface area contributed by atoms with E-state index in [0.717, 1.165) is 0 Å². The molecule has 0 fully saturated rings. The van der Waals surface area contributed by atoms with Crippen LogP contribution >= 0.6 is 0 Å². The first-order valence-electron chi connectivity index (χ1n) is 2.62. The molecule has 3 nitrogen and oxygen atoms in total. The van der Waals surface area contributed by atoms with Crippen LogP contribution in [0.4, 0.5) is 0 Å². The second-order valence-corrected chi connectivity index (χ2v) is 1.64. The van der Waals surface area contributed by atoms with Crippen LogP contribution in [0.15, 0.2) is 18.5 Å². The van der Waals surface area contributed by atoms with Gasteiger partial charge in [-0.2, -0.15) is 5.26 Å². The molecule has 1 rings (SSSR count). The fourth-order valence-electron chi connectivity index (χ4n) is 0.602. The number of hydrogen-bond acceptors (Lipinski definition) is 2. The van der Waals surface area contributed by atoms with E-state index in [1.165, 1.54) is 0 Å². The van der Waals surface area contributed by atoms with Gasteiger partial charge < -0.3 is 5.43 Å². The predicted molar refractivity (Wildman–Crippen MR) is 34.4 cm³/mol. The SMILES string of the molecule is CNn1ccc(C#N)c1. The minimum absolute atomic E-state index is 0.671. The Labute approximate surface area is 53.5 Å². The molecule has 0 saturated carbocycles. The van der Waals surface area contributed by atoms with Gasteiger partial charge in [0.05, 0.1) is 5.56 Å². The highest BCUT2D eigenvalue weighted by Gasteiger charge is 1.89. The maximum Gasteiger partial charge on any atom is 0.101 e. The van der Waals surface area contributed by atoms with E-state index >= 15 is 0 Å². The quantitative estimate of drug-likeness (QED) is 0.588. The second kappa shape index (κ2) is 2.23. The molecule has 1 aromatic rings. The van der Waals surface area contributed by atoms with Crippen molar-refractivity contribution >= 4 is 0 Å². The minimum atomic E-state index is 0.671. The lowest BCUT2D eigenvalue weighted by Crippen LogP contribution is -2.04. The normalized spacial score (nSPS) is 8.44. The van der Waals surface area contributed by atoms with E-state index in [9.17, 15) is 0 Å². The van der Waals surface area contributed by atoms with Gasteiger partial charge in [-0.25, -0.2) is 0 Å². The Morgan fingerprint density at radius 2 is 2.56 bits per heavy atom. The molecule has 0 spiro atoms. The van der Waals surface area contributed by atoms with Gasteiger partial charge in [0, 0.05) is 19.4 Å². The summed E-state index contributed by atoms with van der Waals surface area (Å²) in [5, 5.41) is 8.36. The lowest BCUT2D eigenvalue weighted by atomic mass is 10.4. The van der Waals surface area contributed by atoms with E-state index < -0.39 is 0 Å². The van der Waals surface area contributed by atoms with Crippen LogP contribution in [-0.2, 0) is 0 Å². The third-order valence-corrected chi connectivity index (χ3v) is 1.08. The summed E-state index contributed by atoms with van der Waals surface area (Å²) in [6, 6.07) is 3.77. The topological polar surface area (TPSA) is 40.8 Å². The van der Waals surface area contributed by atoms with Gasteiger partial charge in [0.2, 0.25) is 0 Å². The monoisotopic (exact) mass is 121 g/mol. The fraction of sp³-hybridized carbons (Fsp3) is 0.167. The van der Waals surface area contributed by atoms with Gasteiger partial charge in [0.25, 0.3) is 0 Å². The summed E-state index contributed by atoms with van der Waals surface area (Å²) in [4.78, 5) is 0. The molecule has 0 radical (unpaired) electrons. The Morgan fingerprint density at radius 1 is 1.78 bits per heavy atom. The van der Waals surface area contributed by atoms with E-state index in [0.29, 0.717) is 5.56 Å². The van der Waals surface area contributed by atoms with Gasteiger partial charge in [-0.1, -0.05) is 0 Å². The van der Waals surface area contributed by atoms with Gasteiger partial charge in [-0.3, -0.25) is 4.68 Å². The molecule has 1 heterocycles. The van der Waals surface area contributed by atoms with Crippen LogP contribution in [0.3, 0.4) is 0 Å². The summed E-state index contributed by atoms with van der Waals surface area (Å²) < 4.78 is 1.72. The largest absolute Gasteiger partial charge is 0.329 e. The molecule has 0 bridgehead atoms. The number of nitrogens with zero attached hydrogens (tertiary/aromatic N) is 2. The molecule has 9 heavy (non-hydrogen) atoms. The summed E-state index contributed by atoms with van der Waals surface area (Å²) in [5.41, 5.74) is 3.52. The highest BCUT2D eigenvalue weighted by Crippen LogP contribution is 1.94. The molecular formula is C6H7N3. The van der Waals surface area contributed by atoms with Crippen molar-refractivity contribution in [2.45, 2.75) is 0 Å². The van der Waals surface area contributed by atoms with Crippen molar-refractivity contribution in [2.75, 3.05) is 12.5 Å². The molecule has 0 amide bonds. The smallest absolute Gasteiger partial charge is 0.101 e. The van der Waals surface area contributed by atoms with Crippen LogP contribution in [0.1, 0.15) is 5.56 Å². The Hall–Kier alpha value is -1.43. The molecular weight excluding hydrogens is 114 g/mol. The van der Waals surface area contributed by atoms with Crippen LogP contribution in [0.5, 0.6) is 0 Å². The molecule has 0 aliphatic rings. The van der Waals surface area contributed by atoms with Gasteiger partial charge >= 0.3 is 0 Å². The maximum absolute atomic E-state index is 8.36. The zero-order valence-electron chi connectivity index (χ0n) is 5.13. The standard InChI is InChI=1S/C6H7N3/c1-8-9-3-2-6(4-7)5-9/h2-3,5,8H,1H3. The molecule has 0 atom stereocenters. The van der Waals surface area contributed by atoms with E-state index in [-0.39, 0.29) is 0 Å². The van der Waals surface area contributed by atoms with Crippen molar-refractivity contribution in [2.24, 2.45) is 0 Å². The molecule has 46 valence electrons. The third-order valence-electron chi connectivity index (χ3n) is 1.08. The van der Waals surface area contributed by atoms with Crippen LogP contribution < -0.4 is 5.43 Å². The zero-order chi connectivity index (χ0) is 6.69. The molecule has 1 aromatic heterocycles. The van der Waals surface area contributed by atoms with Gasteiger partial charge in [0.1, 0.15) is 6.07 Å². The summed E-state index contributed by atoms with van der Waals surface area (Å²) in [6.45, 7) is 0. The minimum Gasteiger partial charge on any atom is -0.329 e. The van der Waals surface area contributed by atoms with Crippen LogP contribution in [0, 0.1) is 11.3 Å². The molecule has 0 aromatic carbocycles. The third kappa shape index (κ3) is 1.03. The summed E-state index contributed by atoms with van der Waals surface area (Å²) in [7, 11) is 1.79. The van der Waals surface area contributed by atoms with Gasteiger partial charge in [0.15, 0.2) is 0 Å². The number of rotatable bonds is 1. The maximum atomic E-state index is 8.36. The number of nitrogens with one attached hydrogen (secondary N) is 1. The Morgan fingerprint density at radius 3 is 2.89 bits per heavy atom. The molecule has 0 aliphatic heterocycles. The van der Waals surface area contributed by atoms with Crippen LogP contribution in [-0.4, -0.2) is 11.7 Å². The zero-order valence-corrected chi connectivity index (χ0v) is 5.13. The van der Waals surface area contributed by atoms with Crippen molar-refractivity contribution in [3.8, 4) is 6.07 Å². The molecule has 0 unspecified atom stereocenters. The summed E-state index contributed by atoms with van der Waals surface area (Å²) >= 11 is 0. The predicted octanol–water partition coefficient (Wildman–Crippen LogP) is 0.533. The van der Waals surface area contributed by atoms with E-state index in [1.807, 2.05) is 6.07 Å². The number of aromatic nitrogens is 1. The average molecular weight is 121 g/mol. The molecule has 1 N–H and O–H groups in total. The molecule has 3 heteroatoms. The van der Waals surface area contributed by atoms with Crippen molar-refractivity contribution in [3.05, 3.63) is 24.0 Å². The van der Waals surface area contributed by atoms with E-state index in [4.69, 9.17) is 5.26 Å². The Bertz CT molecular complexity index is 231. The Kier molecular flexibility index (Phi) is 1.41. The first-order valence-corrected chi connectivity index (χ1v) is 2.62. The van der Waals surface area contributed by atoms with Crippen molar-refractivity contribution < 1.29 is 0 Å². The first kappa shape index (κ1) is 5.70. The highest BCUT2D eigenvalue weighted by atomic mass is 15.4.